The van der Waals surface area contributed by atoms with Gasteiger partial charge in [-0.3, -0.25) is 0 Å². The van der Waals surface area contributed by atoms with Crippen LogP contribution in [0, 0.1) is 5.82 Å². The van der Waals surface area contributed by atoms with Crippen molar-refractivity contribution in [1.82, 2.24) is 4.57 Å². The molecule has 1 fully saturated rings. The Labute approximate surface area is 146 Å². The number of aromatic nitrogens is 1. The summed E-state index contributed by atoms with van der Waals surface area (Å²) in [7, 11) is 1.67. The van der Waals surface area contributed by atoms with Crippen LogP contribution in [0.25, 0.3) is 5.69 Å². The van der Waals surface area contributed by atoms with E-state index >= 15 is 0 Å². The summed E-state index contributed by atoms with van der Waals surface area (Å²) in [5.74, 6) is 0.560. The van der Waals surface area contributed by atoms with Crippen molar-refractivity contribution in [1.29, 1.82) is 0 Å². The fraction of sp³-hybridized carbons (Fsp3) is 0.200. The fourth-order valence-electron chi connectivity index (χ4n) is 3.23. The molecule has 4 nitrogen and oxygen atoms in total. The molecule has 1 saturated heterocycles. The zero-order valence-electron chi connectivity index (χ0n) is 13.9. The fourth-order valence-corrected chi connectivity index (χ4v) is 3.23. The van der Waals surface area contributed by atoms with E-state index in [1.54, 1.807) is 23.8 Å². The van der Waals surface area contributed by atoms with Gasteiger partial charge in [-0.15, -0.1) is 0 Å². The molecule has 2 aromatic carbocycles. The number of rotatable bonds is 4. The van der Waals surface area contributed by atoms with Crippen molar-refractivity contribution in [3.8, 4) is 11.4 Å². The van der Waals surface area contributed by atoms with Gasteiger partial charge in [0.2, 0.25) is 0 Å². The number of nitrogens with zero attached hydrogens (tertiary/aromatic N) is 2. The summed E-state index contributed by atoms with van der Waals surface area (Å²) in [6.07, 6.45) is 3.55. The van der Waals surface area contributed by atoms with Gasteiger partial charge < -0.3 is 18.9 Å². The summed E-state index contributed by atoms with van der Waals surface area (Å²) >= 11 is 0. The normalized spacial score (nSPS) is 17.0. The van der Waals surface area contributed by atoms with E-state index < -0.39 is 0 Å². The van der Waals surface area contributed by atoms with Gasteiger partial charge in [0.05, 0.1) is 25.1 Å². The molecule has 25 heavy (non-hydrogen) atoms. The number of ether oxygens (including phenoxy) is 2. The minimum atomic E-state index is -0.251. The predicted molar refractivity (Wildman–Crippen MR) is 94.8 cm³/mol. The summed E-state index contributed by atoms with van der Waals surface area (Å²) in [6, 6.07) is 16.6. The maximum atomic E-state index is 14.0. The van der Waals surface area contributed by atoms with Crippen molar-refractivity contribution in [3.05, 3.63) is 78.4 Å². The first-order valence-corrected chi connectivity index (χ1v) is 8.22. The smallest absolute Gasteiger partial charge is 0.158 e. The molecule has 128 valence electrons. The van der Waals surface area contributed by atoms with E-state index in [2.05, 4.69) is 4.90 Å². The highest BCUT2D eigenvalue weighted by atomic mass is 19.1. The maximum absolute atomic E-state index is 14.0. The molecule has 0 bridgehead atoms. The molecule has 1 aliphatic rings. The van der Waals surface area contributed by atoms with Crippen LogP contribution in [0.2, 0.25) is 0 Å². The SMILES string of the molecule is COc1ccccc1N1CCO[C@@H]1c1ccn(-c2ccccc2F)c1. The summed E-state index contributed by atoms with van der Waals surface area (Å²) in [5.41, 5.74) is 2.49. The van der Waals surface area contributed by atoms with Gasteiger partial charge in [-0.1, -0.05) is 24.3 Å². The largest absolute Gasteiger partial charge is 0.495 e. The van der Waals surface area contributed by atoms with Crippen LogP contribution >= 0.6 is 0 Å². The molecular weight excluding hydrogens is 319 g/mol. The topological polar surface area (TPSA) is 26.6 Å². The zero-order chi connectivity index (χ0) is 17.2. The van der Waals surface area contributed by atoms with Gasteiger partial charge in [0.15, 0.2) is 6.23 Å². The maximum Gasteiger partial charge on any atom is 0.158 e. The Bertz CT molecular complexity index is 877. The number of hydrogen-bond donors (Lipinski definition) is 0. The van der Waals surface area contributed by atoms with E-state index in [1.807, 2.05) is 48.8 Å². The Kier molecular flexibility index (Phi) is 4.15. The highest BCUT2D eigenvalue weighted by molar-refractivity contribution is 5.60. The van der Waals surface area contributed by atoms with Crippen molar-refractivity contribution in [2.75, 3.05) is 25.2 Å². The van der Waals surface area contributed by atoms with Crippen molar-refractivity contribution in [2.45, 2.75) is 6.23 Å². The molecule has 0 aliphatic carbocycles. The van der Waals surface area contributed by atoms with Crippen LogP contribution in [-0.2, 0) is 4.74 Å². The second kappa shape index (κ2) is 6.61. The zero-order valence-corrected chi connectivity index (χ0v) is 13.9. The molecule has 4 rings (SSSR count). The number of benzene rings is 2. The van der Waals surface area contributed by atoms with E-state index in [1.165, 1.54) is 6.07 Å². The Balaban J connectivity index is 1.67. The Morgan fingerprint density at radius 3 is 2.60 bits per heavy atom. The Morgan fingerprint density at radius 1 is 1.04 bits per heavy atom. The third-order valence-electron chi connectivity index (χ3n) is 4.42. The third-order valence-corrected chi connectivity index (χ3v) is 4.42. The van der Waals surface area contributed by atoms with Crippen LogP contribution in [0.15, 0.2) is 67.0 Å². The van der Waals surface area contributed by atoms with E-state index in [0.717, 1.165) is 23.5 Å². The van der Waals surface area contributed by atoms with Crippen molar-refractivity contribution >= 4 is 5.69 Å². The van der Waals surface area contributed by atoms with Crippen LogP contribution in [0.3, 0.4) is 0 Å². The minimum Gasteiger partial charge on any atom is -0.495 e. The molecular formula is C20H19FN2O2. The first kappa shape index (κ1) is 15.7. The average Bonchev–Trinajstić information content (AvgIpc) is 3.31. The lowest BCUT2D eigenvalue weighted by Crippen LogP contribution is -2.23. The van der Waals surface area contributed by atoms with Gasteiger partial charge in [-0.05, 0) is 30.3 Å². The summed E-state index contributed by atoms with van der Waals surface area (Å²) in [4.78, 5) is 2.17. The molecule has 3 aromatic rings. The van der Waals surface area contributed by atoms with Crippen LogP contribution in [-0.4, -0.2) is 24.8 Å². The van der Waals surface area contributed by atoms with Gasteiger partial charge in [0.25, 0.3) is 0 Å². The number of para-hydroxylation sites is 3. The van der Waals surface area contributed by atoms with E-state index in [0.29, 0.717) is 12.3 Å². The van der Waals surface area contributed by atoms with Crippen LogP contribution in [0.4, 0.5) is 10.1 Å². The summed E-state index contributed by atoms with van der Waals surface area (Å²) < 4.78 is 27.2. The number of methoxy groups -OCH3 is 1. The molecule has 0 saturated carbocycles. The van der Waals surface area contributed by atoms with Gasteiger partial charge >= 0.3 is 0 Å². The quantitative estimate of drug-likeness (QED) is 0.715. The lowest BCUT2D eigenvalue weighted by Gasteiger charge is -2.26. The molecule has 1 aromatic heterocycles. The monoisotopic (exact) mass is 338 g/mol. The standard InChI is InChI=1S/C20H19FN2O2/c1-24-19-9-5-4-8-18(19)23-12-13-25-20(23)15-10-11-22(14-15)17-7-3-2-6-16(17)21/h2-11,14,20H,12-13H2,1H3/t20-/m1/s1. The Morgan fingerprint density at radius 2 is 1.80 bits per heavy atom. The van der Waals surface area contributed by atoms with Gasteiger partial charge in [-0.2, -0.15) is 0 Å². The second-order valence-electron chi connectivity index (χ2n) is 5.89. The minimum absolute atomic E-state index is 0.218. The summed E-state index contributed by atoms with van der Waals surface area (Å²) in [6.45, 7) is 1.41. The molecule has 0 radical (unpaired) electrons. The molecule has 0 unspecified atom stereocenters. The van der Waals surface area contributed by atoms with E-state index in [4.69, 9.17) is 9.47 Å². The van der Waals surface area contributed by atoms with Crippen molar-refractivity contribution in [3.63, 3.8) is 0 Å². The second-order valence-corrected chi connectivity index (χ2v) is 5.89. The number of anilines is 1. The highest BCUT2D eigenvalue weighted by Crippen LogP contribution is 2.37. The van der Waals surface area contributed by atoms with Crippen molar-refractivity contribution < 1.29 is 13.9 Å². The number of hydrogen-bond acceptors (Lipinski definition) is 3. The molecule has 0 spiro atoms. The predicted octanol–water partition coefficient (Wildman–Crippen LogP) is 4.16. The molecule has 1 atom stereocenters. The van der Waals surface area contributed by atoms with Crippen LogP contribution in [0.5, 0.6) is 5.75 Å². The molecule has 0 amide bonds. The van der Waals surface area contributed by atoms with Gasteiger partial charge in [-0.25, -0.2) is 4.39 Å². The third kappa shape index (κ3) is 2.87. The van der Waals surface area contributed by atoms with E-state index in [-0.39, 0.29) is 12.0 Å². The van der Waals surface area contributed by atoms with Crippen LogP contribution in [0.1, 0.15) is 11.8 Å². The van der Waals surface area contributed by atoms with Gasteiger partial charge in [0, 0.05) is 24.5 Å². The Hall–Kier alpha value is -2.79. The van der Waals surface area contributed by atoms with E-state index in [9.17, 15) is 4.39 Å². The molecule has 5 heteroatoms. The lowest BCUT2D eigenvalue weighted by atomic mass is 10.2. The summed E-state index contributed by atoms with van der Waals surface area (Å²) in [5, 5.41) is 0. The molecule has 0 N–H and O–H groups in total. The number of halogens is 1. The molecule has 1 aliphatic heterocycles. The first-order chi connectivity index (χ1) is 12.3. The average molecular weight is 338 g/mol. The van der Waals surface area contributed by atoms with Crippen LogP contribution < -0.4 is 9.64 Å². The highest BCUT2D eigenvalue weighted by Gasteiger charge is 2.29. The molecule has 2 heterocycles. The lowest BCUT2D eigenvalue weighted by molar-refractivity contribution is 0.113. The van der Waals surface area contributed by atoms with Crippen molar-refractivity contribution in [2.24, 2.45) is 0 Å². The van der Waals surface area contributed by atoms with Gasteiger partial charge in [0.1, 0.15) is 11.6 Å². The first-order valence-electron chi connectivity index (χ1n) is 8.22.